The molecule has 0 radical (unpaired) electrons. The highest BCUT2D eigenvalue weighted by molar-refractivity contribution is 5.98. The van der Waals surface area contributed by atoms with Gasteiger partial charge in [-0.1, -0.05) is 26.0 Å². The number of hydrogen-bond acceptors (Lipinski definition) is 6. The van der Waals surface area contributed by atoms with Gasteiger partial charge in [-0.05, 0) is 37.3 Å². The molecule has 6 heteroatoms. The number of Topliss-reactive ketones (excluding diaryl/α,β-unsaturated/α-hetero) is 1. The van der Waals surface area contributed by atoms with Crippen LogP contribution < -0.4 is 5.32 Å². The average molecular weight is 347 g/mol. The molecule has 3 aromatic rings. The van der Waals surface area contributed by atoms with E-state index in [-0.39, 0.29) is 11.2 Å². The zero-order chi connectivity index (χ0) is 18.5. The van der Waals surface area contributed by atoms with Crippen LogP contribution in [0.4, 0.5) is 11.9 Å². The average Bonchev–Trinajstić information content (AvgIpc) is 2.52. The fourth-order valence-electron chi connectivity index (χ4n) is 3.44. The molecule has 0 bridgehead atoms. The summed E-state index contributed by atoms with van der Waals surface area (Å²) in [4.78, 5) is 30.2. The van der Waals surface area contributed by atoms with Crippen molar-refractivity contribution in [3.8, 4) is 0 Å². The Morgan fingerprint density at radius 1 is 1.04 bits per heavy atom. The van der Waals surface area contributed by atoms with Gasteiger partial charge in [0.15, 0.2) is 5.78 Å². The predicted octanol–water partition coefficient (Wildman–Crippen LogP) is 3.94. The summed E-state index contributed by atoms with van der Waals surface area (Å²) in [6.45, 7) is 8.16. The van der Waals surface area contributed by atoms with Crippen LogP contribution in [0.3, 0.4) is 0 Å². The zero-order valence-electron chi connectivity index (χ0n) is 15.4. The predicted molar refractivity (Wildman–Crippen MR) is 101 cm³/mol. The Labute approximate surface area is 152 Å². The Morgan fingerprint density at radius 3 is 2.65 bits per heavy atom. The van der Waals surface area contributed by atoms with Crippen molar-refractivity contribution in [1.29, 1.82) is 0 Å². The van der Waals surface area contributed by atoms with Crippen LogP contribution in [0.15, 0.2) is 24.4 Å². The number of aromatic nitrogens is 4. The molecule has 0 amide bonds. The monoisotopic (exact) mass is 347 g/mol. The summed E-state index contributed by atoms with van der Waals surface area (Å²) < 4.78 is 0. The number of nitrogens with zero attached hydrogens (tertiary/aromatic N) is 4. The minimum atomic E-state index is -0.0801. The molecule has 6 nitrogen and oxygen atoms in total. The summed E-state index contributed by atoms with van der Waals surface area (Å²) in [6.07, 6.45) is 2.89. The molecule has 26 heavy (non-hydrogen) atoms. The first-order chi connectivity index (χ1) is 12.3. The van der Waals surface area contributed by atoms with Crippen molar-refractivity contribution >= 4 is 28.6 Å². The van der Waals surface area contributed by atoms with E-state index in [0.29, 0.717) is 23.9 Å². The van der Waals surface area contributed by atoms with Crippen molar-refractivity contribution in [2.75, 3.05) is 5.32 Å². The van der Waals surface area contributed by atoms with Crippen LogP contribution in [-0.4, -0.2) is 25.7 Å². The van der Waals surface area contributed by atoms with Gasteiger partial charge >= 0.3 is 0 Å². The summed E-state index contributed by atoms with van der Waals surface area (Å²) in [6, 6.07) is 6.12. The van der Waals surface area contributed by atoms with Crippen LogP contribution in [0.5, 0.6) is 0 Å². The fraction of sp³-hybridized carbons (Fsp3) is 0.350. The highest BCUT2D eigenvalue weighted by Crippen LogP contribution is 2.34. The maximum Gasteiger partial charge on any atom is 0.230 e. The molecule has 0 atom stereocenters. The summed E-state index contributed by atoms with van der Waals surface area (Å²) >= 11 is 0. The number of fused-ring (bicyclic) bond motifs is 2. The lowest BCUT2D eigenvalue weighted by Gasteiger charge is -2.29. The number of carbonyl (C=O) groups is 1. The maximum absolute atomic E-state index is 12.3. The lowest BCUT2D eigenvalue weighted by atomic mass is 9.76. The largest absolute Gasteiger partial charge is 0.294 e. The molecule has 1 aromatic carbocycles. The van der Waals surface area contributed by atoms with Crippen molar-refractivity contribution in [2.45, 2.75) is 40.5 Å². The Kier molecular flexibility index (Phi) is 3.72. The number of ketones is 1. The van der Waals surface area contributed by atoms with Crippen molar-refractivity contribution in [3.63, 3.8) is 0 Å². The van der Waals surface area contributed by atoms with E-state index in [1.54, 1.807) is 6.20 Å². The van der Waals surface area contributed by atoms with E-state index in [1.807, 2.05) is 26.0 Å². The molecule has 1 aliphatic rings. The summed E-state index contributed by atoms with van der Waals surface area (Å²) in [5, 5.41) is 4.12. The molecule has 0 saturated heterocycles. The van der Waals surface area contributed by atoms with Gasteiger partial charge in [0, 0.05) is 18.0 Å². The first-order valence-electron chi connectivity index (χ1n) is 8.72. The lowest BCUT2D eigenvalue weighted by molar-refractivity contribution is 0.0910. The molecule has 0 fully saturated rings. The topological polar surface area (TPSA) is 80.7 Å². The second-order valence-electron chi connectivity index (χ2n) is 7.77. The second kappa shape index (κ2) is 5.83. The molecular formula is C20H21N5O. The molecule has 132 valence electrons. The normalized spacial score (nSPS) is 15.8. The van der Waals surface area contributed by atoms with Crippen LogP contribution in [0, 0.1) is 19.3 Å². The minimum Gasteiger partial charge on any atom is -0.294 e. The number of carbonyl (C=O) groups excluding carboxylic acids is 1. The van der Waals surface area contributed by atoms with Gasteiger partial charge in [0.1, 0.15) is 0 Å². The number of benzene rings is 1. The van der Waals surface area contributed by atoms with Crippen LogP contribution in [0.2, 0.25) is 0 Å². The zero-order valence-corrected chi connectivity index (χ0v) is 15.4. The quantitative estimate of drug-likeness (QED) is 0.756. The Hall–Kier alpha value is -2.89. The molecular weight excluding hydrogens is 326 g/mol. The lowest BCUT2D eigenvalue weighted by Crippen LogP contribution is -2.28. The first-order valence-corrected chi connectivity index (χ1v) is 8.72. The van der Waals surface area contributed by atoms with Crippen LogP contribution in [-0.2, 0) is 6.42 Å². The van der Waals surface area contributed by atoms with E-state index in [4.69, 9.17) is 0 Å². The van der Waals surface area contributed by atoms with E-state index in [9.17, 15) is 4.79 Å². The molecule has 0 saturated carbocycles. The highest BCUT2D eigenvalue weighted by Gasteiger charge is 2.32. The Bertz CT molecular complexity index is 1040. The van der Waals surface area contributed by atoms with E-state index in [2.05, 4.69) is 45.2 Å². The second-order valence-corrected chi connectivity index (χ2v) is 7.77. The molecule has 2 heterocycles. The van der Waals surface area contributed by atoms with Crippen molar-refractivity contribution < 1.29 is 4.79 Å². The van der Waals surface area contributed by atoms with Gasteiger partial charge < -0.3 is 0 Å². The van der Waals surface area contributed by atoms with Crippen LogP contribution >= 0.6 is 0 Å². The van der Waals surface area contributed by atoms with E-state index in [1.165, 1.54) is 0 Å². The van der Waals surface area contributed by atoms with Gasteiger partial charge in [0.2, 0.25) is 11.9 Å². The molecule has 2 aromatic heterocycles. The van der Waals surface area contributed by atoms with Crippen LogP contribution in [0.25, 0.3) is 10.9 Å². The number of aryl methyl sites for hydroxylation is 2. The third kappa shape index (κ3) is 3.03. The first kappa shape index (κ1) is 16.6. The Balaban J connectivity index is 1.70. The van der Waals surface area contributed by atoms with E-state index in [0.717, 1.165) is 34.3 Å². The van der Waals surface area contributed by atoms with Gasteiger partial charge in [0.25, 0.3) is 0 Å². The number of nitrogens with one attached hydrogen (secondary N) is 1. The standard InChI is InChI=1S/C20H21N5O/c1-11-5-6-13-12(2)22-19(23-15(13)7-11)25-18-21-10-14-16(24-18)8-20(3,4)9-17(14)26/h5-7,10H,8-9H2,1-4H3,(H,21,22,23,24,25). The van der Waals surface area contributed by atoms with Gasteiger partial charge in [-0.3, -0.25) is 10.1 Å². The summed E-state index contributed by atoms with van der Waals surface area (Å²) in [7, 11) is 0. The highest BCUT2D eigenvalue weighted by atomic mass is 16.1. The molecule has 1 N–H and O–H groups in total. The van der Waals surface area contributed by atoms with Crippen molar-refractivity contribution in [3.05, 3.63) is 46.9 Å². The fourth-order valence-corrected chi connectivity index (χ4v) is 3.44. The number of hydrogen-bond donors (Lipinski definition) is 1. The minimum absolute atomic E-state index is 0.0801. The van der Waals surface area contributed by atoms with Crippen LogP contribution in [0.1, 0.15) is 47.6 Å². The molecule has 1 aliphatic carbocycles. The Morgan fingerprint density at radius 2 is 1.85 bits per heavy atom. The van der Waals surface area contributed by atoms with Crippen molar-refractivity contribution in [2.24, 2.45) is 5.41 Å². The molecule has 0 aliphatic heterocycles. The maximum atomic E-state index is 12.3. The molecule has 4 rings (SSSR count). The van der Waals surface area contributed by atoms with Crippen molar-refractivity contribution in [1.82, 2.24) is 19.9 Å². The third-order valence-corrected chi connectivity index (χ3v) is 4.72. The number of anilines is 2. The smallest absolute Gasteiger partial charge is 0.230 e. The van der Waals surface area contributed by atoms with Gasteiger partial charge in [0.05, 0.1) is 22.5 Å². The number of rotatable bonds is 2. The van der Waals surface area contributed by atoms with Gasteiger partial charge in [-0.2, -0.15) is 0 Å². The molecule has 0 unspecified atom stereocenters. The molecule has 0 spiro atoms. The summed E-state index contributed by atoms with van der Waals surface area (Å²) in [5.74, 6) is 0.985. The van der Waals surface area contributed by atoms with E-state index < -0.39 is 0 Å². The SMILES string of the molecule is Cc1ccc2c(C)nc(Nc3ncc4c(n3)CC(C)(C)CC4=O)nc2c1. The van der Waals surface area contributed by atoms with E-state index >= 15 is 0 Å². The van der Waals surface area contributed by atoms with Gasteiger partial charge in [-0.15, -0.1) is 0 Å². The van der Waals surface area contributed by atoms with Gasteiger partial charge in [-0.25, -0.2) is 19.9 Å². The summed E-state index contributed by atoms with van der Waals surface area (Å²) in [5.41, 5.74) is 4.26. The third-order valence-electron chi connectivity index (χ3n) is 4.72.